The molecule has 0 spiro atoms. The van der Waals surface area contributed by atoms with Crippen LogP contribution in [-0.2, 0) is 24.4 Å². The Hall–Kier alpha value is -2.44. The van der Waals surface area contributed by atoms with Crippen LogP contribution in [0.3, 0.4) is 0 Å². The highest BCUT2D eigenvalue weighted by Crippen LogP contribution is 2.37. The fourth-order valence-electron chi connectivity index (χ4n) is 4.10. The second-order valence-electron chi connectivity index (χ2n) is 8.36. The van der Waals surface area contributed by atoms with Gasteiger partial charge in [0.15, 0.2) is 0 Å². The molecule has 0 radical (unpaired) electrons. The SMILES string of the molecule is Cc1cc(-c2nc(-c3ccc(OC4CC4)c(Cl)c3)n3c2CCO[C@H](C)C3)cc(CF)n1. The molecule has 5 rings (SSSR count). The molecule has 0 bridgehead atoms. The average molecular weight is 442 g/mol. The summed E-state index contributed by atoms with van der Waals surface area (Å²) in [6, 6.07) is 9.59. The van der Waals surface area contributed by atoms with Crippen molar-refractivity contribution in [1.82, 2.24) is 14.5 Å². The fraction of sp³-hybridized carbons (Fsp3) is 0.417. The quantitative estimate of drug-likeness (QED) is 0.521. The third-order valence-electron chi connectivity index (χ3n) is 5.68. The minimum absolute atomic E-state index is 0.0653. The molecule has 0 N–H and O–H groups in total. The van der Waals surface area contributed by atoms with Gasteiger partial charge in [-0.05, 0) is 57.0 Å². The van der Waals surface area contributed by atoms with Gasteiger partial charge in [0.05, 0.1) is 41.8 Å². The normalized spacial score (nSPS) is 18.5. The van der Waals surface area contributed by atoms with Crippen molar-refractivity contribution >= 4 is 11.6 Å². The van der Waals surface area contributed by atoms with Gasteiger partial charge in [-0.2, -0.15) is 0 Å². The fourth-order valence-corrected chi connectivity index (χ4v) is 4.32. The van der Waals surface area contributed by atoms with Gasteiger partial charge in [-0.3, -0.25) is 4.98 Å². The van der Waals surface area contributed by atoms with Crippen molar-refractivity contribution in [3.63, 3.8) is 0 Å². The van der Waals surface area contributed by atoms with Crippen LogP contribution >= 0.6 is 11.6 Å². The summed E-state index contributed by atoms with van der Waals surface area (Å²) in [7, 11) is 0. The maximum Gasteiger partial charge on any atom is 0.141 e. The minimum atomic E-state index is -0.601. The van der Waals surface area contributed by atoms with Crippen LogP contribution in [-0.4, -0.2) is 33.3 Å². The molecule has 5 nitrogen and oxygen atoms in total. The van der Waals surface area contributed by atoms with E-state index in [2.05, 4.69) is 16.5 Å². The lowest BCUT2D eigenvalue weighted by molar-refractivity contribution is 0.0666. The third-order valence-corrected chi connectivity index (χ3v) is 5.97. The highest BCUT2D eigenvalue weighted by Gasteiger charge is 2.26. The molecule has 1 aliphatic heterocycles. The van der Waals surface area contributed by atoms with Gasteiger partial charge in [-0.15, -0.1) is 0 Å². The zero-order chi connectivity index (χ0) is 21.5. The first kappa shape index (κ1) is 20.5. The van der Waals surface area contributed by atoms with Crippen LogP contribution < -0.4 is 4.74 Å². The monoisotopic (exact) mass is 441 g/mol. The smallest absolute Gasteiger partial charge is 0.141 e. The summed E-state index contributed by atoms with van der Waals surface area (Å²) in [5, 5.41) is 0.584. The van der Waals surface area contributed by atoms with Crippen LogP contribution in [0.15, 0.2) is 30.3 Å². The van der Waals surface area contributed by atoms with E-state index in [4.69, 9.17) is 26.1 Å². The van der Waals surface area contributed by atoms with E-state index in [0.717, 1.165) is 53.3 Å². The Balaban J connectivity index is 1.62. The molecule has 1 aliphatic carbocycles. The second kappa shape index (κ2) is 8.24. The summed E-state index contributed by atoms with van der Waals surface area (Å²) in [6.07, 6.45) is 3.25. The Morgan fingerprint density at radius 3 is 2.77 bits per heavy atom. The Kier molecular flexibility index (Phi) is 5.44. The number of rotatable bonds is 5. The molecule has 2 aromatic heterocycles. The number of benzene rings is 1. The first-order valence-corrected chi connectivity index (χ1v) is 11.1. The lowest BCUT2D eigenvalue weighted by atomic mass is 10.1. The summed E-state index contributed by atoms with van der Waals surface area (Å²) in [6.45, 7) is 4.65. The molecule has 3 aromatic rings. The molecule has 7 heteroatoms. The van der Waals surface area contributed by atoms with Crippen LogP contribution in [0.25, 0.3) is 22.6 Å². The molecule has 1 fully saturated rings. The van der Waals surface area contributed by atoms with Crippen molar-refractivity contribution in [1.29, 1.82) is 0 Å². The largest absolute Gasteiger partial charge is 0.489 e. The summed E-state index contributed by atoms with van der Waals surface area (Å²) in [5.74, 6) is 1.54. The van der Waals surface area contributed by atoms with E-state index in [1.807, 2.05) is 31.2 Å². The molecule has 162 valence electrons. The van der Waals surface area contributed by atoms with Crippen LogP contribution in [0.5, 0.6) is 5.75 Å². The number of alkyl halides is 1. The molecule has 0 saturated heterocycles. The van der Waals surface area contributed by atoms with Gasteiger partial charge in [-0.25, -0.2) is 9.37 Å². The number of aromatic nitrogens is 3. The molecule has 0 amide bonds. The van der Waals surface area contributed by atoms with E-state index in [1.165, 1.54) is 0 Å². The number of ether oxygens (including phenoxy) is 2. The minimum Gasteiger partial charge on any atom is -0.489 e. The van der Waals surface area contributed by atoms with E-state index in [9.17, 15) is 4.39 Å². The van der Waals surface area contributed by atoms with Gasteiger partial charge >= 0.3 is 0 Å². The Bertz CT molecular complexity index is 1130. The third kappa shape index (κ3) is 4.19. The Labute approximate surface area is 186 Å². The molecule has 3 heterocycles. The zero-order valence-electron chi connectivity index (χ0n) is 17.7. The standard InChI is InChI=1S/C24H25ClFN3O2/c1-14-9-17(10-18(12-26)27-14)23-21-7-8-30-15(2)13-29(21)24(28-23)16-3-6-22(20(25)11-16)31-19-4-5-19/h3,6,9-11,15,19H,4-5,7-8,12-13H2,1-2H3/t15-/m1/s1. The number of hydrogen-bond acceptors (Lipinski definition) is 4. The molecule has 31 heavy (non-hydrogen) atoms. The highest BCUT2D eigenvalue weighted by molar-refractivity contribution is 6.32. The second-order valence-corrected chi connectivity index (χ2v) is 8.76. The van der Waals surface area contributed by atoms with E-state index >= 15 is 0 Å². The number of aryl methyl sites for hydroxylation is 1. The predicted molar refractivity (Wildman–Crippen MR) is 118 cm³/mol. The first-order valence-electron chi connectivity index (χ1n) is 10.7. The molecule has 1 saturated carbocycles. The van der Waals surface area contributed by atoms with E-state index < -0.39 is 6.67 Å². The molecule has 1 aromatic carbocycles. The Morgan fingerprint density at radius 1 is 1.19 bits per heavy atom. The van der Waals surface area contributed by atoms with Crippen LogP contribution in [0.1, 0.15) is 36.8 Å². The molecule has 0 unspecified atom stereocenters. The van der Waals surface area contributed by atoms with Gasteiger partial charge in [0.2, 0.25) is 0 Å². The van der Waals surface area contributed by atoms with Crippen molar-refractivity contribution in [2.75, 3.05) is 6.61 Å². The van der Waals surface area contributed by atoms with Crippen LogP contribution in [0.2, 0.25) is 5.02 Å². The Morgan fingerprint density at radius 2 is 2.03 bits per heavy atom. The van der Waals surface area contributed by atoms with Crippen LogP contribution in [0.4, 0.5) is 4.39 Å². The lowest BCUT2D eigenvalue weighted by Crippen LogP contribution is -2.15. The van der Waals surface area contributed by atoms with Gasteiger partial charge in [0.25, 0.3) is 0 Å². The molecular formula is C24H25ClFN3O2. The summed E-state index contributed by atoms with van der Waals surface area (Å²) in [5.41, 5.74) is 4.93. The summed E-state index contributed by atoms with van der Waals surface area (Å²) in [4.78, 5) is 9.30. The average Bonchev–Trinajstić information content (AvgIpc) is 3.53. The summed E-state index contributed by atoms with van der Waals surface area (Å²) < 4.78 is 27.4. The summed E-state index contributed by atoms with van der Waals surface area (Å²) >= 11 is 6.54. The first-order chi connectivity index (χ1) is 15.0. The number of nitrogens with zero attached hydrogens (tertiary/aromatic N) is 3. The maximum absolute atomic E-state index is 13.4. The predicted octanol–water partition coefficient (Wildman–Crippen LogP) is 5.55. The van der Waals surface area contributed by atoms with Crippen molar-refractivity contribution < 1.29 is 13.9 Å². The van der Waals surface area contributed by atoms with Crippen molar-refractivity contribution in [3.05, 3.63) is 52.4 Å². The molecule has 2 aliphatic rings. The zero-order valence-corrected chi connectivity index (χ0v) is 18.5. The van der Waals surface area contributed by atoms with Gasteiger partial charge in [0.1, 0.15) is 18.2 Å². The van der Waals surface area contributed by atoms with E-state index in [0.29, 0.717) is 29.6 Å². The van der Waals surface area contributed by atoms with E-state index in [-0.39, 0.29) is 12.2 Å². The number of pyridine rings is 1. The highest BCUT2D eigenvalue weighted by atomic mass is 35.5. The maximum atomic E-state index is 13.4. The van der Waals surface area contributed by atoms with E-state index in [1.54, 1.807) is 6.07 Å². The van der Waals surface area contributed by atoms with Crippen molar-refractivity contribution in [2.45, 2.75) is 58.5 Å². The van der Waals surface area contributed by atoms with Gasteiger partial charge in [-0.1, -0.05) is 11.6 Å². The molecular weight excluding hydrogens is 417 g/mol. The van der Waals surface area contributed by atoms with Crippen molar-refractivity contribution in [3.8, 4) is 28.4 Å². The van der Waals surface area contributed by atoms with Crippen molar-refractivity contribution in [2.24, 2.45) is 0 Å². The lowest BCUT2D eigenvalue weighted by Gasteiger charge is -2.14. The number of fused-ring (bicyclic) bond motifs is 1. The molecule has 1 atom stereocenters. The number of hydrogen-bond donors (Lipinski definition) is 0. The van der Waals surface area contributed by atoms with Gasteiger partial charge in [0, 0.05) is 28.9 Å². The number of imidazole rings is 1. The number of halogens is 2. The van der Waals surface area contributed by atoms with Gasteiger partial charge < -0.3 is 14.0 Å². The van der Waals surface area contributed by atoms with Crippen LogP contribution in [0, 0.1) is 6.92 Å². The topological polar surface area (TPSA) is 49.2 Å².